The number of halogens is 2. The van der Waals surface area contributed by atoms with Crippen molar-refractivity contribution in [3.05, 3.63) is 80.0 Å². The molecule has 8 N–H and O–H groups in total. The fraction of sp³-hybridized carbons (Fsp3) is 0.500. The molecule has 4 aliphatic rings. The van der Waals surface area contributed by atoms with Crippen LogP contribution in [0.15, 0.2) is 80.0 Å². The van der Waals surface area contributed by atoms with Crippen LogP contribution in [0, 0.1) is 28.6 Å². The lowest BCUT2D eigenvalue weighted by molar-refractivity contribution is -0.376. The first-order valence-electron chi connectivity index (χ1n) is 14.2. The molecule has 0 saturated heterocycles. The molecule has 3 saturated carbocycles. The third-order valence-electron chi connectivity index (χ3n) is 9.86. The lowest BCUT2D eigenvalue weighted by Gasteiger charge is -2.62. The van der Waals surface area contributed by atoms with Crippen molar-refractivity contribution in [1.29, 1.82) is 0 Å². The van der Waals surface area contributed by atoms with Crippen LogP contribution in [0.1, 0.15) is 40.0 Å². The topological polar surface area (TPSA) is 164 Å². The first-order chi connectivity index (χ1) is 20.3. The van der Waals surface area contributed by atoms with E-state index in [1.807, 2.05) is 37.2 Å². The molecule has 0 spiro atoms. The van der Waals surface area contributed by atoms with Gasteiger partial charge in [0.1, 0.15) is 49.0 Å². The zero-order chi connectivity index (χ0) is 31.5. The van der Waals surface area contributed by atoms with E-state index in [0.29, 0.717) is 6.42 Å². The van der Waals surface area contributed by atoms with Crippen LogP contribution in [0.25, 0.3) is 0 Å². The largest absolute Gasteiger partial charge is 0.390 e. The predicted octanol–water partition coefficient (Wildman–Crippen LogP) is 2.23. The Morgan fingerprint density at radius 3 is 1.95 bits per heavy atom. The maximum Gasteiger partial charge on any atom is 0.239 e. The third kappa shape index (κ3) is 5.53. The zero-order valence-electron chi connectivity index (χ0n) is 24.4. The van der Waals surface area contributed by atoms with Gasteiger partial charge in [-0.25, -0.2) is 8.78 Å². The minimum atomic E-state index is -2.20. The minimum Gasteiger partial charge on any atom is -0.390 e. The molecular formula is C30H41F2N6O4S+3. The number of thiol groups is 1. The Bertz CT molecular complexity index is 1290. The molecule has 3 aromatic rings. The first-order valence-corrected chi connectivity index (χ1v) is 14.7. The maximum absolute atomic E-state index is 16.8. The molecule has 0 aliphatic heterocycles. The van der Waals surface area contributed by atoms with Crippen LogP contribution in [0.5, 0.6) is 0 Å². The van der Waals surface area contributed by atoms with E-state index in [-0.39, 0.29) is 18.4 Å². The summed E-state index contributed by atoms with van der Waals surface area (Å²) in [5, 5.41) is 21.6. The van der Waals surface area contributed by atoms with Gasteiger partial charge in [-0.15, -0.1) is 12.6 Å². The van der Waals surface area contributed by atoms with Crippen molar-refractivity contribution in [3.8, 4) is 0 Å². The monoisotopic (exact) mass is 619 g/mol. The lowest BCUT2D eigenvalue weighted by atomic mass is 9.44. The van der Waals surface area contributed by atoms with Crippen LogP contribution in [0.3, 0.4) is 0 Å². The summed E-state index contributed by atoms with van der Waals surface area (Å²) in [4.78, 5) is 40.9. The highest BCUT2D eigenvalue weighted by molar-refractivity contribution is 7.96. The highest BCUT2D eigenvalue weighted by Crippen LogP contribution is 2.71. The van der Waals surface area contributed by atoms with Crippen molar-refractivity contribution in [2.45, 2.75) is 63.6 Å². The fourth-order valence-electron chi connectivity index (χ4n) is 7.72. The van der Waals surface area contributed by atoms with E-state index in [9.17, 15) is 19.8 Å². The molecule has 0 amide bonds. The number of aliphatic hydroxyl groups is 2. The number of H-pyrrole nitrogens is 6. The van der Waals surface area contributed by atoms with Gasteiger partial charge < -0.3 is 10.2 Å². The number of aromatic nitrogens is 6. The molecule has 7 rings (SSSR count). The van der Waals surface area contributed by atoms with Crippen molar-refractivity contribution in [2.24, 2.45) is 28.6 Å². The van der Waals surface area contributed by atoms with Gasteiger partial charge in [-0.2, -0.15) is 0 Å². The average Bonchev–Trinajstić information content (AvgIpc) is 3.81. The second kappa shape index (κ2) is 12.7. The fourth-order valence-corrected chi connectivity index (χ4v) is 8.19. The molecule has 0 aromatic carbocycles. The third-order valence-corrected chi connectivity index (χ3v) is 10.2. The van der Waals surface area contributed by atoms with E-state index in [1.165, 1.54) is 19.1 Å². The van der Waals surface area contributed by atoms with E-state index in [4.69, 9.17) is 0 Å². The van der Waals surface area contributed by atoms with Crippen LogP contribution in [0.4, 0.5) is 8.78 Å². The predicted molar refractivity (Wildman–Crippen MR) is 154 cm³/mol. The molecule has 0 radical (unpaired) electrons. The van der Waals surface area contributed by atoms with Gasteiger partial charge in [0, 0.05) is 16.7 Å². The number of alkyl halides is 2. The number of allylic oxidation sites excluding steroid dienone is 4. The molecular weight excluding hydrogens is 578 g/mol. The molecule has 4 aliphatic carbocycles. The number of aromatic amines is 6. The highest BCUT2D eigenvalue weighted by atomic mass is 32.1. The summed E-state index contributed by atoms with van der Waals surface area (Å²) in [6, 6.07) is 0. The number of aliphatic hydroxyl groups excluding tert-OH is 1. The Hall–Kier alpha value is -3.42. The van der Waals surface area contributed by atoms with Crippen LogP contribution >= 0.6 is 12.6 Å². The Morgan fingerprint density at radius 2 is 1.53 bits per heavy atom. The van der Waals surface area contributed by atoms with E-state index >= 15 is 8.78 Å². The van der Waals surface area contributed by atoms with Crippen molar-refractivity contribution < 1.29 is 43.5 Å². The number of hydrogen-bond donors (Lipinski definition) is 6. The average molecular weight is 620 g/mol. The molecule has 43 heavy (non-hydrogen) atoms. The van der Waals surface area contributed by atoms with Crippen LogP contribution in [-0.4, -0.2) is 59.6 Å². The summed E-state index contributed by atoms with van der Waals surface area (Å²) in [6.45, 7) is 4.92. The van der Waals surface area contributed by atoms with E-state index < -0.39 is 63.0 Å². The van der Waals surface area contributed by atoms with Gasteiger partial charge in [0.15, 0.2) is 11.5 Å². The number of ketones is 1. The highest BCUT2D eigenvalue weighted by Gasteiger charge is 2.76. The van der Waals surface area contributed by atoms with Gasteiger partial charge in [0.2, 0.25) is 24.1 Å². The Balaban J connectivity index is 0.000000226. The molecule has 3 aromatic heterocycles. The van der Waals surface area contributed by atoms with Gasteiger partial charge >= 0.3 is 0 Å². The molecule has 10 nitrogen and oxygen atoms in total. The normalized spacial score (nSPS) is 38.7. The van der Waals surface area contributed by atoms with Crippen LogP contribution in [-0.2, 0) is 9.59 Å². The number of imidazole rings is 3. The van der Waals surface area contributed by atoms with Crippen molar-refractivity contribution in [2.75, 3.05) is 0 Å². The van der Waals surface area contributed by atoms with Gasteiger partial charge in [-0.05, 0) is 55.7 Å². The Kier molecular flexibility index (Phi) is 9.57. The number of fused-ring (bicyclic) bond motifs is 5. The molecule has 3 fully saturated rings. The van der Waals surface area contributed by atoms with Gasteiger partial charge in [-0.3, -0.25) is 39.5 Å². The van der Waals surface area contributed by atoms with Crippen molar-refractivity contribution in [3.63, 3.8) is 0 Å². The van der Waals surface area contributed by atoms with Crippen molar-refractivity contribution >= 4 is 23.5 Å². The lowest BCUT2D eigenvalue weighted by Crippen LogP contribution is -2.70. The summed E-state index contributed by atoms with van der Waals surface area (Å²) in [7, 11) is 0. The smallest absolute Gasteiger partial charge is 0.239 e. The van der Waals surface area contributed by atoms with E-state index in [0.717, 1.165) is 6.08 Å². The summed E-state index contributed by atoms with van der Waals surface area (Å²) < 4.78 is 32.0. The van der Waals surface area contributed by atoms with Crippen LogP contribution in [0.2, 0.25) is 0 Å². The summed E-state index contributed by atoms with van der Waals surface area (Å²) in [5.74, 6) is -2.29. The second-order valence-corrected chi connectivity index (χ2v) is 12.4. The number of nitrogens with one attached hydrogen (secondary N) is 6. The molecule has 232 valence electrons. The number of carbonyl (C=O) groups is 2. The molecule has 3 heterocycles. The molecule has 13 heteroatoms. The zero-order valence-corrected chi connectivity index (χ0v) is 25.2. The first kappa shape index (κ1) is 32.5. The summed E-state index contributed by atoms with van der Waals surface area (Å²) in [5.41, 5.74) is -6.53. The standard InChI is InChI=1S/C21H26F2O4S.3C3H4N2/c1-10-6-12-13-8-15(22)14-7-11(24)4-5-18(14,2)20(13,23)16(25)9-19(12,3)21(10,27)17(26)28;3*1-2-5-3-4-1/h4-5,7,10,12-13,15-16,25,27H,6,8-9H2,1-3H3,(H,26,28);3*1-3H,(H,4,5)/p+3/t10-,12?,13?,15+,16+,18+,19+,20+,21+;;;/m1.../s1. The van der Waals surface area contributed by atoms with Gasteiger partial charge in [0.05, 0.1) is 6.10 Å². The van der Waals surface area contributed by atoms with Crippen LogP contribution < -0.4 is 15.0 Å². The molecule has 9 atom stereocenters. The minimum absolute atomic E-state index is 0.0629. The number of hydrogen-bond acceptors (Lipinski definition) is 4. The number of rotatable bonds is 1. The van der Waals surface area contributed by atoms with E-state index in [2.05, 4.69) is 42.5 Å². The SMILES string of the molecule is C[C@@H]1CC2C3C[C@H](F)C4=CC(=O)C=C[C@]4(C)[C@@]3(F)[C@@H](O)C[C@]2(C)[C@@]1(O)C(=O)S.c1c[nH+]c[nH]1.c1c[nH+]c[nH]1.c1c[nH+]c[nH]1. The van der Waals surface area contributed by atoms with Gasteiger partial charge in [0.25, 0.3) is 0 Å². The Morgan fingerprint density at radius 1 is 1.00 bits per heavy atom. The van der Waals surface area contributed by atoms with Gasteiger partial charge in [-0.1, -0.05) is 19.9 Å². The summed E-state index contributed by atoms with van der Waals surface area (Å²) >= 11 is 3.90. The Labute approximate surface area is 254 Å². The quantitative estimate of drug-likeness (QED) is 0.230. The maximum atomic E-state index is 16.8. The second-order valence-electron chi connectivity index (χ2n) is 12.0. The number of carbonyl (C=O) groups excluding carboxylic acids is 2. The molecule has 2 unspecified atom stereocenters. The van der Waals surface area contributed by atoms with E-state index in [1.54, 1.807) is 32.8 Å². The summed E-state index contributed by atoms with van der Waals surface area (Å²) in [6.07, 6.45) is 16.9. The van der Waals surface area contributed by atoms with Crippen molar-refractivity contribution in [1.82, 2.24) is 15.0 Å². The molecule has 0 bridgehead atoms.